The zero-order valence-corrected chi connectivity index (χ0v) is 23.6. The van der Waals surface area contributed by atoms with Gasteiger partial charge in [0.25, 0.3) is 0 Å². The Hall–Kier alpha value is -1.67. The lowest BCUT2D eigenvalue weighted by Gasteiger charge is -2.40. The summed E-state index contributed by atoms with van der Waals surface area (Å²) < 4.78 is 0. The van der Waals surface area contributed by atoms with Crippen LogP contribution in [0.5, 0.6) is 0 Å². The summed E-state index contributed by atoms with van der Waals surface area (Å²) in [5.74, 6) is -0.278. The molecule has 0 saturated carbocycles. The van der Waals surface area contributed by atoms with Gasteiger partial charge in [0, 0.05) is 78.0 Å². The van der Waals surface area contributed by atoms with E-state index in [0.29, 0.717) is 19.6 Å². The smallest absolute Gasteiger partial charge is 0.329 e. The highest BCUT2D eigenvalue weighted by atomic mass is 16.7. The van der Waals surface area contributed by atoms with Crippen molar-refractivity contribution in [2.75, 3.05) is 72.0 Å². The van der Waals surface area contributed by atoms with Crippen LogP contribution in [0.4, 0.5) is 0 Å². The van der Waals surface area contributed by atoms with Crippen molar-refractivity contribution in [3.8, 4) is 0 Å². The topological polar surface area (TPSA) is 163 Å². The number of hydrogen-bond donors (Lipinski definition) is 9. The number of rotatable bonds is 5. The highest BCUT2D eigenvalue weighted by molar-refractivity contribution is 5.75. The molecule has 3 saturated heterocycles. The lowest BCUT2D eigenvalue weighted by Crippen LogP contribution is -2.69. The fourth-order valence-electron chi connectivity index (χ4n) is 4.68. The fourth-order valence-corrected chi connectivity index (χ4v) is 4.68. The van der Waals surface area contributed by atoms with E-state index in [-0.39, 0.29) is 17.6 Å². The van der Waals surface area contributed by atoms with Gasteiger partial charge in [0.05, 0.1) is 23.0 Å². The summed E-state index contributed by atoms with van der Waals surface area (Å²) in [5, 5.41) is 21.5. The summed E-state index contributed by atoms with van der Waals surface area (Å²) in [4.78, 5) is 17.1. The average molecular weight is 534 g/mol. The van der Waals surface area contributed by atoms with E-state index in [0.717, 1.165) is 70.9 Å². The van der Waals surface area contributed by atoms with Crippen LogP contribution in [0.3, 0.4) is 0 Å². The van der Waals surface area contributed by atoms with Crippen molar-refractivity contribution in [2.45, 2.75) is 50.9 Å². The molecule has 0 aliphatic carbocycles. The van der Waals surface area contributed by atoms with Crippen molar-refractivity contribution < 1.29 is 9.63 Å². The average Bonchev–Trinajstić information content (AvgIpc) is 2.87. The molecule has 1 aromatic carbocycles. The summed E-state index contributed by atoms with van der Waals surface area (Å²) in [7, 11) is 0. The van der Waals surface area contributed by atoms with E-state index in [1.54, 1.807) is 0 Å². The number of nitrogens with one attached hydrogen (secondary N) is 7. The minimum atomic E-state index is -0.540. The summed E-state index contributed by atoms with van der Waals surface area (Å²) in [6.07, 6.45) is 0.796. The Labute approximate surface area is 228 Å². The number of carbonyl (C=O) groups is 1. The number of hydrogen-bond acceptors (Lipinski definition) is 11. The largest absolute Gasteiger partial charge is 0.370 e. The van der Waals surface area contributed by atoms with Crippen molar-refractivity contribution in [1.29, 1.82) is 0 Å². The Morgan fingerprint density at radius 2 is 1.32 bits per heavy atom. The van der Waals surface area contributed by atoms with Crippen LogP contribution in [0.25, 0.3) is 0 Å². The quantitative estimate of drug-likeness (QED) is 0.195. The van der Waals surface area contributed by atoms with Gasteiger partial charge in [-0.05, 0) is 38.3 Å². The molecular formula is C27H51N9O2. The van der Waals surface area contributed by atoms with Crippen molar-refractivity contribution >= 4 is 5.97 Å². The Bertz CT molecular complexity index is 828. The summed E-state index contributed by atoms with van der Waals surface area (Å²) >= 11 is 0. The summed E-state index contributed by atoms with van der Waals surface area (Å²) in [6.45, 7) is 14.5. The second-order valence-electron chi connectivity index (χ2n) is 12.0. The van der Waals surface area contributed by atoms with E-state index in [2.05, 4.69) is 61.6 Å². The molecule has 0 spiro atoms. The van der Waals surface area contributed by atoms with Crippen molar-refractivity contribution in [2.24, 2.45) is 16.9 Å². The maximum absolute atomic E-state index is 12.0. The van der Waals surface area contributed by atoms with Crippen LogP contribution >= 0.6 is 0 Å². The number of benzene rings is 1. The lowest BCUT2D eigenvalue weighted by molar-refractivity contribution is -0.161. The van der Waals surface area contributed by atoms with E-state index in [4.69, 9.17) is 16.3 Å². The molecule has 11 heteroatoms. The zero-order chi connectivity index (χ0) is 27.5. The van der Waals surface area contributed by atoms with Gasteiger partial charge < -0.3 is 48.2 Å². The maximum atomic E-state index is 12.0. The van der Waals surface area contributed by atoms with Crippen LogP contribution in [0.2, 0.25) is 0 Å². The van der Waals surface area contributed by atoms with E-state index < -0.39 is 11.0 Å². The van der Waals surface area contributed by atoms with E-state index >= 15 is 0 Å². The first-order chi connectivity index (χ1) is 18.1. The molecule has 1 unspecified atom stereocenters. The molecular weight excluding hydrogens is 482 g/mol. The maximum Gasteiger partial charge on any atom is 0.329 e. The first kappa shape index (κ1) is 30.9. The third kappa shape index (κ3) is 10.1. The van der Waals surface area contributed by atoms with Gasteiger partial charge in [0.2, 0.25) is 0 Å². The van der Waals surface area contributed by atoms with Gasteiger partial charge in [-0.25, -0.2) is 4.79 Å². The number of carbonyl (C=O) groups excluding carboxylic acids is 1. The normalized spacial score (nSPS) is 28.8. The van der Waals surface area contributed by atoms with E-state index in [9.17, 15) is 4.79 Å². The predicted molar refractivity (Wildman–Crippen MR) is 153 cm³/mol. The molecule has 11 nitrogen and oxygen atoms in total. The Kier molecular flexibility index (Phi) is 11.9. The minimum Gasteiger partial charge on any atom is -0.370 e. The predicted octanol–water partition coefficient (Wildman–Crippen LogP) is -1.85. The van der Waals surface area contributed by atoms with Gasteiger partial charge in [-0.1, -0.05) is 24.3 Å². The molecule has 216 valence electrons. The molecule has 0 aromatic heterocycles. The second-order valence-corrected chi connectivity index (χ2v) is 12.0. The van der Waals surface area contributed by atoms with Crippen LogP contribution in [-0.2, 0) is 22.6 Å². The SMILES string of the molecule is CC(C)(C)C(=O)ONCc1ccc(CC2NCCNCC3(N)CNCCNCC2(N)CNCCNC3)cc1. The fraction of sp³-hybridized carbons (Fsp3) is 0.741. The van der Waals surface area contributed by atoms with Crippen LogP contribution < -0.4 is 48.8 Å². The molecule has 2 bridgehead atoms. The van der Waals surface area contributed by atoms with E-state index in [1.165, 1.54) is 5.56 Å². The highest BCUT2D eigenvalue weighted by Gasteiger charge is 2.35. The van der Waals surface area contributed by atoms with E-state index in [1.807, 2.05) is 20.8 Å². The van der Waals surface area contributed by atoms with Crippen LogP contribution in [0.15, 0.2) is 24.3 Å². The molecule has 1 aromatic rings. The summed E-state index contributed by atoms with van der Waals surface area (Å²) in [6, 6.07) is 8.44. The molecule has 3 aliphatic rings. The van der Waals surface area contributed by atoms with Gasteiger partial charge in [0.15, 0.2) is 0 Å². The van der Waals surface area contributed by atoms with Crippen molar-refractivity contribution in [3.05, 3.63) is 35.4 Å². The molecule has 3 heterocycles. The molecule has 38 heavy (non-hydrogen) atoms. The first-order valence-corrected chi connectivity index (χ1v) is 14.0. The van der Waals surface area contributed by atoms with Crippen molar-refractivity contribution in [3.63, 3.8) is 0 Å². The first-order valence-electron chi connectivity index (χ1n) is 14.0. The minimum absolute atomic E-state index is 0.0513. The van der Waals surface area contributed by atoms with Gasteiger partial charge in [-0.3, -0.25) is 0 Å². The van der Waals surface area contributed by atoms with Crippen LogP contribution in [0.1, 0.15) is 31.9 Å². The molecule has 3 fully saturated rings. The van der Waals surface area contributed by atoms with Gasteiger partial charge in [-0.15, -0.1) is 5.48 Å². The Morgan fingerprint density at radius 1 is 0.842 bits per heavy atom. The third-order valence-corrected chi connectivity index (χ3v) is 7.20. The highest BCUT2D eigenvalue weighted by Crippen LogP contribution is 2.16. The molecule has 0 radical (unpaired) electrons. The number of fused-ring (bicyclic) bond motifs is 15. The number of hydroxylamine groups is 1. The van der Waals surface area contributed by atoms with Gasteiger partial charge in [-0.2, -0.15) is 0 Å². The van der Waals surface area contributed by atoms with Crippen LogP contribution in [-0.4, -0.2) is 95.1 Å². The van der Waals surface area contributed by atoms with Crippen molar-refractivity contribution in [1.82, 2.24) is 37.4 Å². The Balaban J connectivity index is 1.68. The lowest BCUT2D eigenvalue weighted by atomic mass is 9.85. The molecule has 0 amide bonds. The standard InChI is InChI=1S/C27H51N9O2/c1-25(2,3)24(37)38-36-15-22-6-4-21(5-7-22)14-23-27(29)19-33-10-8-30-16-26(28,18-32-12-13-35-23)17-31-9-11-34-20-27/h4-7,23,30-36H,8-20,28-29H2,1-3H3. The third-order valence-electron chi connectivity index (χ3n) is 7.20. The molecule has 1 atom stereocenters. The number of nitrogens with two attached hydrogens (primary N) is 2. The molecule has 4 rings (SSSR count). The van der Waals surface area contributed by atoms with Gasteiger partial charge >= 0.3 is 5.97 Å². The van der Waals surface area contributed by atoms with Gasteiger partial charge in [0.1, 0.15) is 0 Å². The van der Waals surface area contributed by atoms with Crippen LogP contribution in [0, 0.1) is 5.41 Å². The monoisotopic (exact) mass is 533 g/mol. The zero-order valence-electron chi connectivity index (χ0n) is 23.6. The molecule has 3 aliphatic heterocycles. The summed E-state index contributed by atoms with van der Waals surface area (Å²) in [5.41, 5.74) is 17.5. The second kappa shape index (κ2) is 14.6. The molecule has 11 N–H and O–H groups in total. The Morgan fingerprint density at radius 3 is 1.84 bits per heavy atom.